The Morgan fingerprint density at radius 2 is 2.42 bits per heavy atom. The number of anilines is 1. The van der Waals surface area contributed by atoms with Crippen molar-refractivity contribution in [3.8, 4) is 0 Å². The molecular formula is C12H15ClN4O2. The number of rotatable bonds is 4. The van der Waals surface area contributed by atoms with Crippen LogP contribution >= 0.6 is 11.6 Å². The lowest BCUT2D eigenvalue weighted by atomic mass is 10.1. The van der Waals surface area contributed by atoms with E-state index >= 15 is 0 Å². The number of hydrogen-bond acceptors (Lipinski definition) is 4. The lowest BCUT2D eigenvalue weighted by Gasteiger charge is -2.23. The molecule has 19 heavy (non-hydrogen) atoms. The van der Waals surface area contributed by atoms with E-state index in [2.05, 4.69) is 22.3 Å². The molecule has 7 heteroatoms. The maximum Gasteiger partial charge on any atom is 0.287 e. The van der Waals surface area contributed by atoms with Gasteiger partial charge in [0.05, 0.1) is 18.4 Å². The molecule has 2 rings (SSSR count). The highest BCUT2D eigenvalue weighted by molar-refractivity contribution is 6.33. The van der Waals surface area contributed by atoms with Gasteiger partial charge < -0.3 is 10.6 Å². The van der Waals surface area contributed by atoms with Crippen LogP contribution in [-0.4, -0.2) is 28.3 Å². The van der Waals surface area contributed by atoms with Crippen molar-refractivity contribution in [3.05, 3.63) is 34.2 Å². The van der Waals surface area contributed by atoms with Crippen LogP contribution in [0.5, 0.6) is 0 Å². The number of carbonyl (C=O) groups excluding carboxylic acids is 1. The highest BCUT2D eigenvalue weighted by Gasteiger charge is 2.23. The third-order valence-electron chi connectivity index (χ3n) is 2.90. The molecule has 1 aromatic rings. The molecule has 0 bridgehead atoms. The van der Waals surface area contributed by atoms with Gasteiger partial charge in [0.1, 0.15) is 11.1 Å². The van der Waals surface area contributed by atoms with E-state index in [0.29, 0.717) is 25.2 Å². The van der Waals surface area contributed by atoms with Crippen LogP contribution in [0.3, 0.4) is 0 Å². The highest BCUT2D eigenvalue weighted by atomic mass is 35.5. The average Bonchev–Trinajstić information content (AvgIpc) is 2.41. The van der Waals surface area contributed by atoms with Crippen LogP contribution in [0.1, 0.15) is 12.8 Å². The Labute approximate surface area is 115 Å². The van der Waals surface area contributed by atoms with E-state index in [9.17, 15) is 9.59 Å². The third kappa shape index (κ3) is 2.96. The number of nitrogens with one attached hydrogen (secondary N) is 2. The normalized spacial score (nSPS) is 18.8. The summed E-state index contributed by atoms with van der Waals surface area (Å²) in [5.41, 5.74) is -0.0168. The quantitative estimate of drug-likeness (QED) is 0.800. The number of piperidine rings is 1. The van der Waals surface area contributed by atoms with Crippen LogP contribution in [0, 0.1) is 0 Å². The summed E-state index contributed by atoms with van der Waals surface area (Å²) < 4.78 is 1.21. The minimum absolute atomic E-state index is 0.0372. The van der Waals surface area contributed by atoms with Gasteiger partial charge in [0.2, 0.25) is 5.91 Å². The second-order valence-corrected chi connectivity index (χ2v) is 4.66. The summed E-state index contributed by atoms with van der Waals surface area (Å²) in [4.78, 5) is 23.5. The maximum atomic E-state index is 11.9. The molecule has 1 atom stereocenters. The first-order valence-electron chi connectivity index (χ1n) is 6.04. The Morgan fingerprint density at radius 3 is 3.11 bits per heavy atom. The molecule has 1 fully saturated rings. The lowest BCUT2D eigenvalue weighted by molar-refractivity contribution is -0.123. The molecule has 1 unspecified atom stereocenters. The molecule has 102 valence electrons. The van der Waals surface area contributed by atoms with Gasteiger partial charge in [-0.1, -0.05) is 17.7 Å². The van der Waals surface area contributed by atoms with Gasteiger partial charge >= 0.3 is 0 Å². The zero-order valence-electron chi connectivity index (χ0n) is 10.4. The zero-order valence-corrected chi connectivity index (χ0v) is 11.1. The number of allylic oxidation sites excluding steroid dienone is 1. The second kappa shape index (κ2) is 5.88. The summed E-state index contributed by atoms with van der Waals surface area (Å²) in [5, 5.41) is 9.73. The monoisotopic (exact) mass is 282 g/mol. The van der Waals surface area contributed by atoms with E-state index in [1.54, 1.807) is 6.08 Å². The van der Waals surface area contributed by atoms with Crippen molar-refractivity contribution in [1.82, 2.24) is 15.1 Å². The number of amides is 1. The largest absolute Gasteiger partial charge is 0.371 e. The fourth-order valence-electron chi connectivity index (χ4n) is 1.92. The number of nitrogens with zero attached hydrogens (tertiary/aromatic N) is 2. The number of hydrogen-bond donors (Lipinski definition) is 2. The number of halogens is 1. The molecular weight excluding hydrogens is 268 g/mol. The molecule has 2 N–H and O–H groups in total. The summed E-state index contributed by atoms with van der Waals surface area (Å²) in [5.74, 6) is -0.0856. The van der Waals surface area contributed by atoms with Crippen molar-refractivity contribution in [1.29, 1.82) is 0 Å². The average molecular weight is 283 g/mol. The van der Waals surface area contributed by atoms with Crippen molar-refractivity contribution in [2.24, 2.45) is 0 Å². The molecule has 0 aliphatic carbocycles. The summed E-state index contributed by atoms with van der Waals surface area (Å²) in [6.45, 7) is 4.52. The molecule has 1 saturated heterocycles. The SMILES string of the molecule is C=CCn1ncc(NC2CCCNC2=O)c(Cl)c1=O. The standard InChI is InChI=1S/C12H15ClN4O2/c1-2-6-17-12(19)10(13)9(7-15-17)16-8-4-3-5-14-11(8)18/h2,7-8,16H,1,3-6H2,(H,14,18). The first-order valence-corrected chi connectivity index (χ1v) is 6.42. The predicted octanol–water partition coefficient (Wildman–Crippen LogP) is 0.773. The van der Waals surface area contributed by atoms with Crippen molar-refractivity contribution in [2.45, 2.75) is 25.4 Å². The van der Waals surface area contributed by atoms with Crippen molar-refractivity contribution in [2.75, 3.05) is 11.9 Å². The van der Waals surface area contributed by atoms with Crippen molar-refractivity contribution >= 4 is 23.2 Å². The number of aromatic nitrogens is 2. The first kappa shape index (κ1) is 13.6. The molecule has 2 heterocycles. The lowest BCUT2D eigenvalue weighted by Crippen LogP contribution is -2.44. The first-order chi connectivity index (χ1) is 9.13. The van der Waals surface area contributed by atoms with Crippen LogP contribution in [0.25, 0.3) is 0 Å². The topological polar surface area (TPSA) is 76.0 Å². The van der Waals surface area contributed by atoms with Crippen molar-refractivity contribution in [3.63, 3.8) is 0 Å². The Bertz CT molecular complexity index is 555. The molecule has 1 aliphatic rings. The van der Waals surface area contributed by atoms with E-state index in [1.165, 1.54) is 10.9 Å². The Morgan fingerprint density at radius 1 is 1.63 bits per heavy atom. The molecule has 0 spiro atoms. The highest BCUT2D eigenvalue weighted by Crippen LogP contribution is 2.18. The zero-order chi connectivity index (χ0) is 13.8. The van der Waals surface area contributed by atoms with Gasteiger partial charge in [0, 0.05) is 6.54 Å². The van der Waals surface area contributed by atoms with Gasteiger partial charge in [0.25, 0.3) is 5.56 Å². The fraction of sp³-hybridized carbons (Fsp3) is 0.417. The van der Waals surface area contributed by atoms with Crippen LogP contribution < -0.4 is 16.2 Å². The van der Waals surface area contributed by atoms with Gasteiger partial charge in [-0.05, 0) is 12.8 Å². The Balaban J connectivity index is 2.21. The van der Waals surface area contributed by atoms with E-state index in [0.717, 1.165) is 6.42 Å². The molecule has 0 saturated carbocycles. The van der Waals surface area contributed by atoms with Gasteiger partial charge in [-0.15, -0.1) is 6.58 Å². The third-order valence-corrected chi connectivity index (χ3v) is 3.27. The van der Waals surface area contributed by atoms with E-state index in [1.807, 2.05) is 0 Å². The Hall–Kier alpha value is -1.82. The molecule has 1 aliphatic heterocycles. The molecule has 0 radical (unpaired) electrons. The summed E-state index contributed by atoms with van der Waals surface area (Å²) in [6, 6.07) is -0.372. The van der Waals surface area contributed by atoms with E-state index < -0.39 is 5.56 Å². The predicted molar refractivity (Wildman–Crippen MR) is 73.4 cm³/mol. The molecule has 1 aromatic heterocycles. The Kier molecular flexibility index (Phi) is 4.21. The molecule has 0 aromatic carbocycles. The number of carbonyl (C=O) groups is 1. The van der Waals surface area contributed by atoms with Crippen LogP contribution in [-0.2, 0) is 11.3 Å². The van der Waals surface area contributed by atoms with Crippen LogP contribution in [0.15, 0.2) is 23.6 Å². The molecule has 1 amide bonds. The fourth-order valence-corrected chi connectivity index (χ4v) is 2.12. The summed E-state index contributed by atoms with van der Waals surface area (Å²) >= 11 is 6.00. The summed E-state index contributed by atoms with van der Waals surface area (Å²) in [6.07, 6.45) is 4.61. The van der Waals surface area contributed by atoms with Gasteiger partial charge in [-0.25, -0.2) is 4.68 Å². The van der Waals surface area contributed by atoms with E-state index in [4.69, 9.17) is 11.6 Å². The van der Waals surface area contributed by atoms with Crippen LogP contribution in [0.4, 0.5) is 5.69 Å². The van der Waals surface area contributed by atoms with Crippen LogP contribution in [0.2, 0.25) is 5.02 Å². The van der Waals surface area contributed by atoms with Gasteiger partial charge in [-0.2, -0.15) is 5.10 Å². The van der Waals surface area contributed by atoms with Gasteiger partial charge in [0.15, 0.2) is 0 Å². The maximum absolute atomic E-state index is 11.9. The molecule has 6 nitrogen and oxygen atoms in total. The minimum atomic E-state index is -0.400. The smallest absolute Gasteiger partial charge is 0.287 e. The van der Waals surface area contributed by atoms with Gasteiger partial charge in [-0.3, -0.25) is 9.59 Å². The van der Waals surface area contributed by atoms with Crippen molar-refractivity contribution < 1.29 is 4.79 Å². The summed E-state index contributed by atoms with van der Waals surface area (Å²) in [7, 11) is 0. The minimum Gasteiger partial charge on any atom is -0.371 e. The second-order valence-electron chi connectivity index (χ2n) is 4.28. The van der Waals surface area contributed by atoms with E-state index in [-0.39, 0.29) is 17.0 Å².